The average Bonchev–Trinajstić information content (AvgIpc) is 3.73. The maximum atomic E-state index is 13.0. The van der Waals surface area contributed by atoms with E-state index in [1.807, 2.05) is 66.7 Å². The van der Waals surface area contributed by atoms with Gasteiger partial charge in [-0.1, -0.05) is 60.7 Å². The van der Waals surface area contributed by atoms with Crippen LogP contribution in [0.2, 0.25) is 0 Å². The van der Waals surface area contributed by atoms with E-state index in [1.54, 1.807) is 16.7 Å². The molecule has 1 N–H and O–H groups in total. The zero-order chi connectivity index (χ0) is 24.9. The number of para-hydroxylation sites is 2. The normalized spacial score (nSPS) is 12.9. The lowest BCUT2D eigenvalue weighted by Crippen LogP contribution is -2.26. The van der Waals surface area contributed by atoms with Crippen LogP contribution in [0.3, 0.4) is 0 Å². The Morgan fingerprint density at radius 1 is 0.944 bits per heavy atom. The highest BCUT2D eigenvalue weighted by molar-refractivity contribution is 5.93. The second-order valence-corrected chi connectivity index (χ2v) is 8.98. The van der Waals surface area contributed by atoms with E-state index in [1.165, 1.54) is 0 Å². The quantitative estimate of drug-likeness (QED) is 0.357. The molecule has 1 heterocycles. The monoisotopic (exact) mass is 481 g/mol. The fraction of sp³-hybridized carbons (Fsp3) is 0.241. The van der Waals surface area contributed by atoms with Crippen molar-refractivity contribution in [2.45, 2.75) is 38.1 Å². The maximum Gasteiger partial charge on any atom is 0.306 e. The Hall–Kier alpha value is -4.26. The summed E-state index contributed by atoms with van der Waals surface area (Å²) in [6.07, 6.45) is 2.86. The molecule has 5 rings (SSSR count). The summed E-state index contributed by atoms with van der Waals surface area (Å²) < 4.78 is 6.94. The molecule has 1 aliphatic carbocycles. The number of rotatable bonds is 9. The van der Waals surface area contributed by atoms with Crippen molar-refractivity contribution in [3.8, 4) is 0 Å². The first kappa shape index (κ1) is 23.5. The lowest BCUT2D eigenvalue weighted by Gasteiger charge is -2.13. The van der Waals surface area contributed by atoms with Gasteiger partial charge in [0.05, 0.1) is 17.3 Å². The van der Waals surface area contributed by atoms with Crippen molar-refractivity contribution in [3.05, 3.63) is 106 Å². The van der Waals surface area contributed by atoms with E-state index in [0.29, 0.717) is 28.8 Å². The van der Waals surface area contributed by atoms with Crippen molar-refractivity contribution in [1.82, 2.24) is 9.55 Å². The molecule has 0 saturated heterocycles. The van der Waals surface area contributed by atoms with Gasteiger partial charge in [-0.25, -0.2) is 4.98 Å². The lowest BCUT2D eigenvalue weighted by atomic mass is 10.0. The zero-order valence-corrected chi connectivity index (χ0v) is 19.9. The third kappa shape index (κ3) is 5.51. The fourth-order valence-corrected chi connectivity index (χ4v) is 4.31. The largest absolute Gasteiger partial charge is 0.456 e. The number of nitrogens with zero attached hydrogens (tertiary/aromatic N) is 2. The van der Waals surface area contributed by atoms with Crippen LogP contribution in [0, 0.1) is 0 Å². The Morgan fingerprint density at radius 2 is 1.67 bits per heavy atom. The van der Waals surface area contributed by atoms with E-state index in [-0.39, 0.29) is 31.0 Å². The van der Waals surface area contributed by atoms with Crippen molar-refractivity contribution < 1.29 is 14.3 Å². The second kappa shape index (κ2) is 10.6. The molecule has 0 aliphatic heterocycles. The first-order chi connectivity index (χ1) is 17.6. The van der Waals surface area contributed by atoms with Gasteiger partial charge in [0.15, 0.2) is 6.61 Å². The number of ether oxygens (including phenoxy) is 1. The van der Waals surface area contributed by atoms with Crippen LogP contribution < -0.4 is 10.9 Å². The SMILES string of the molecule is O=C(COC(=O)CCc1nc2ccccc2c(=O)n1C1CC1)Nc1ccccc1Cc1ccccc1. The third-order valence-electron chi connectivity index (χ3n) is 6.24. The van der Waals surface area contributed by atoms with Gasteiger partial charge in [0, 0.05) is 18.2 Å². The highest BCUT2D eigenvalue weighted by Gasteiger charge is 2.28. The molecule has 0 spiro atoms. The number of carbonyl (C=O) groups excluding carboxylic acids is 2. The van der Waals surface area contributed by atoms with Crippen LogP contribution in [0.15, 0.2) is 83.7 Å². The number of amides is 1. The molecule has 0 radical (unpaired) electrons. The van der Waals surface area contributed by atoms with Gasteiger partial charge in [-0.05, 0) is 48.6 Å². The summed E-state index contributed by atoms with van der Waals surface area (Å²) in [4.78, 5) is 42.5. The molecule has 7 heteroatoms. The molecule has 182 valence electrons. The molecule has 3 aromatic carbocycles. The first-order valence-electron chi connectivity index (χ1n) is 12.2. The molecule has 0 unspecified atom stereocenters. The van der Waals surface area contributed by atoms with Gasteiger partial charge in [-0.15, -0.1) is 0 Å². The smallest absolute Gasteiger partial charge is 0.306 e. The van der Waals surface area contributed by atoms with Gasteiger partial charge < -0.3 is 10.1 Å². The number of aromatic nitrogens is 2. The Morgan fingerprint density at radius 3 is 2.47 bits per heavy atom. The standard InChI is InChI=1S/C29H27N3O4/c33-27(31-24-12-6-4-10-21(24)18-20-8-2-1-3-9-20)19-36-28(34)17-16-26-30-25-13-7-5-11-23(25)29(35)32(26)22-14-15-22/h1-13,22H,14-19H2,(H,31,33). The third-order valence-corrected chi connectivity index (χ3v) is 6.24. The van der Waals surface area contributed by atoms with Crippen molar-refractivity contribution in [3.63, 3.8) is 0 Å². The van der Waals surface area contributed by atoms with Crippen molar-refractivity contribution in [2.75, 3.05) is 11.9 Å². The summed E-state index contributed by atoms with van der Waals surface area (Å²) in [5.41, 5.74) is 3.36. The lowest BCUT2D eigenvalue weighted by molar-refractivity contribution is -0.147. The van der Waals surface area contributed by atoms with Crippen LogP contribution >= 0.6 is 0 Å². The second-order valence-electron chi connectivity index (χ2n) is 8.98. The van der Waals surface area contributed by atoms with Gasteiger partial charge in [0.25, 0.3) is 11.5 Å². The molecule has 1 fully saturated rings. The number of carbonyl (C=O) groups is 2. The Bertz CT molecular complexity index is 1460. The highest BCUT2D eigenvalue weighted by Crippen LogP contribution is 2.35. The zero-order valence-electron chi connectivity index (χ0n) is 19.9. The molecule has 1 aliphatic rings. The van der Waals surface area contributed by atoms with E-state index < -0.39 is 11.9 Å². The number of nitrogens with one attached hydrogen (secondary N) is 1. The number of esters is 1. The summed E-state index contributed by atoms with van der Waals surface area (Å²) in [6.45, 7) is -0.376. The average molecular weight is 482 g/mol. The Balaban J connectivity index is 1.18. The molecule has 7 nitrogen and oxygen atoms in total. The van der Waals surface area contributed by atoms with Crippen molar-refractivity contribution >= 4 is 28.5 Å². The van der Waals surface area contributed by atoms with Gasteiger partial charge in [0.2, 0.25) is 0 Å². The molecule has 1 aromatic heterocycles. The van der Waals surface area contributed by atoms with E-state index >= 15 is 0 Å². The maximum absolute atomic E-state index is 13.0. The number of anilines is 1. The summed E-state index contributed by atoms with van der Waals surface area (Å²) in [6, 6.07) is 25.0. The van der Waals surface area contributed by atoms with Gasteiger partial charge in [-0.3, -0.25) is 19.0 Å². The van der Waals surface area contributed by atoms with Crippen LogP contribution in [-0.2, 0) is 27.2 Å². The number of aryl methyl sites for hydroxylation is 1. The molecule has 4 aromatic rings. The molecular weight excluding hydrogens is 454 g/mol. The molecule has 0 bridgehead atoms. The molecule has 36 heavy (non-hydrogen) atoms. The van der Waals surface area contributed by atoms with Crippen LogP contribution in [0.4, 0.5) is 5.69 Å². The highest BCUT2D eigenvalue weighted by atomic mass is 16.5. The van der Waals surface area contributed by atoms with Crippen LogP contribution in [0.1, 0.15) is 42.3 Å². The minimum Gasteiger partial charge on any atom is -0.456 e. The van der Waals surface area contributed by atoms with Crippen LogP contribution in [0.5, 0.6) is 0 Å². The Labute approximate surface area is 208 Å². The number of hydrogen-bond acceptors (Lipinski definition) is 5. The minimum atomic E-state index is -0.507. The van der Waals surface area contributed by atoms with E-state index in [0.717, 1.165) is 24.0 Å². The summed E-state index contributed by atoms with van der Waals surface area (Å²) >= 11 is 0. The predicted molar refractivity (Wildman–Crippen MR) is 138 cm³/mol. The Kier molecular flexibility index (Phi) is 6.89. The molecular formula is C29H27N3O4. The van der Waals surface area contributed by atoms with Gasteiger partial charge >= 0.3 is 5.97 Å². The summed E-state index contributed by atoms with van der Waals surface area (Å²) in [5, 5.41) is 3.43. The summed E-state index contributed by atoms with van der Waals surface area (Å²) in [7, 11) is 0. The van der Waals surface area contributed by atoms with Crippen LogP contribution in [0.25, 0.3) is 10.9 Å². The number of fused-ring (bicyclic) bond motifs is 1. The van der Waals surface area contributed by atoms with E-state index in [9.17, 15) is 14.4 Å². The van der Waals surface area contributed by atoms with E-state index in [2.05, 4.69) is 10.3 Å². The topological polar surface area (TPSA) is 90.3 Å². The predicted octanol–water partition coefficient (Wildman–Crippen LogP) is 4.44. The fourth-order valence-electron chi connectivity index (χ4n) is 4.31. The first-order valence-corrected chi connectivity index (χ1v) is 12.2. The minimum absolute atomic E-state index is 0.0371. The van der Waals surface area contributed by atoms with Crippen molar-refractivity contribution in [1.29, 1.82) is 0 Å². The molecule has 1 amide bonds. The summed E-state index contributed by atoms with van der Waals surface area (Å²) in [5.74, 6) is -0.326. The molecule has 0 atom stereocenters. The van der Waals surface area contributed by atoms with E-state index in [4.69, 9.17) is 4.74 Å². The van der Waals surface area contributed by atoms with Crippen molar-refractivity contribution in [2.24, 2.45) is 0 Å². The number of hydrogen-bond donors (Lipinski definition) is 1. The van der Waals surface area contributed by atoms with Gasteiger partial charge in [0.1, 0.15) is 5.82 Å². The van der Waals surface area contributed by atoms with Crippen LogP contribution in [-0.4, -0.2) is 28.0 Å². The van der Waals surface area contributed by atoms with Gasteiger partial charge in [-0.2, -0.15) is 0 Å². The number of benzene rings is 3. The molecule has 1 saturated carbocycles.